The molecule has 1 aromatic rings. The largest absolute Gasteiger partial charge is 0.315 e. The minimum atomic E-state index is -0.341. The third-order valence-corrected chi connectivity index (χ3v) is 5.75. The summed E-state index contributed by atoms with van der Waals surface area (Å²) in [6.07, 6.45) is 7.88. The maximum Gasteiger partial charge on any atom is 0.303 e. The van der Waals surface area contributed by atoms with Crippen LogP contribution in [0.4, 0.5) is 5.69 Å². The Bertz CT molecular complexity index is 611. The van der Waals surface area contributed by atoms with E-state index in [2.05, 4.69) is 0 Å². The molecule has 0 spiro atoms. The second-order valence-electron chi connectivity index (χ2n) is 6.94. The van der Waals surface area contributed by atoms with E-state index >= 15 is 0 Å². The molecule has 116 valence electrons. The van der Waals surface area contributed by atoms with Gasteiger partial charge in [-0.15, -0.1) is 0 Å². The molecule has 1 saturated carbocycles. The van der Waals surface area contributed by atoms with Crippen LogP contribution in [-0.4, -0.2) is 30.9 Å². The lowest BCUT2D eigenvalue weighted by Crippen LogP contribution is -3.19. The van der Waals surface area contributed by atoms with E-state index in [9.17, 15) is 9.59 Å². The molecule has 3 aliphatic rings. The van der Waals surface area contributed by atoms with Crippen molar-refractivity contribution in [1.82, 2.24) is 0 Å². The number of nitrogens with one attached hydrogen (secondary N) is 1. The molecule has 22 heavy (non-hydrogen) atoms. The van der Waals surface area contributed by atoms with Crippen LogP contribution in [0.2, 0.25) is 0 Å². The van der Waals surface area contributed by atoms with Crippen LogP contribution in [0.3, 0.4) is 0 Å². The molecule has 2 heterocycles. The number of quaternary nitrogens is 1. The fourth-order valence-corrected chi connectivity index (χ4v) is 4.67. The molecule has 4 nitrogen and oxygen atoms in total. The van der Waals surface area contributed by atoms with Crippen molar-refractivity contribution < 1.29 is 14.5 Å². The Hall–Kier alpha value is -1.68. The number of carbonyl (C=O) groups is 2. The topological polar surface area (TPSA) is 41.8 Å². The zero-order chi connectivity index (χ0) is 15.1. The second kappa shape index (κ2) is 5.51. The number of anilines is 1. The van der Waals surface area contributed by atoms with Crippen LogP contribution >= 0.6 is 0 Å². The van der Waals surface area contributed by atoms with Gasteiger partial charge in [-0.1, -0.05) is 18.6 Å². The summed E-state index contributed by atoms with van der Waals surface area (Å²) < 4.78 is 0. The number of piperidine rings is 1. The minimum Gasteiger partial charge on any atom is -0.315 e. The summed E-state index contributed by atoms with van der Waals surface area (Å²) in [6, 6.07) is 8.09. The first-order chi connectivity index (χ1) is 10.8. The first kappa shape index (κ1) is 13.9. The quantitative estimate of drug-likeness (QED) is 0.839. The highest BCUT2D eigenvalue weighted by molar-refractivity contribution is 6.52. The van der Waals surface area contributed by atoms with Crippen molar-refractivity contribution in [2.24, 2.45) is 5.92 Å². The Morgan fingerprint density at radius 3 is 2.73 bits per heavy atom. The highest BCUT2D eigenvalue weighted by Crippen LogP contribution is 2.30. The third-order valence-electron chi connectivity index (χ3n) is 5.75. The van der Waals surface area contributed by atoms with Gasteiger partial charge >= 0.3 is 5.91 Å². The van der Waals surface area contributed by atoms with Gasteiger partial charge in [0.15, 0.2) is 6.67 Å². The molecule has 4 rings (SSSR count). The van der Waals surface area contributed by atoms with Crippen molar-refractivity contribution in [3.05, 3.63) is 29.8 Å². The van der Waals surface area contributed by atoms with Crippen molar-refractivity contribution in [3.8, 4) is 0 Å². The van der Waals surface area contributed by atoms with Gasteiger partial charge in [-0.3, -0.25) is 14.5 Å². The number of benzene rings is 1. The summed E-state index contributed by atoms with van der Waals surface area (Å²) in [5.74, 6) is 0.139. The number of carbonyl (C=O) groups excluding carboxylic acids is 2. The monoisotopic (exact) mass is 299 g/mol. The molecule has 1 aliphatic carbocycles. The fraction of sp³-hybridized carbons (Fsp3) is 0.556. The van der Waals surface area contributed by atoms with E-state index in [0.29, 0.717) is 18.3 Å². The average Bonchev–Trinajstić information content (AvgIpc) is 2.81. The summed E-state index contributed by atoms with van der Waals surface area (Å²) in [6.45, 7) is 1.78. The first-order valence-corrected chi connectivity index (χ1v) is 8.55. The zero-order valence-electron chi connectivity index (χ0n) is 12.9. The highest BCUT2D eigenvalue weighted by atomic mass is 16.2. The van der Waals surface area contributed by atoms with Crippen molar-refractivity contribution in [2.75, 3.05) is 18.1 Å². The van der Waals surface area contributed by atoms with Gasteiger partial charge in [0, 0.05) is 5.92 Å². The van der Waals surface area contributed by atoms with E-state index < -0.39 is 0 Å². The Morgan fingerprint density at radius 2 is 1.82 bits per heavy atom. The van der Waals surface area contributed by atoms with Gasteiger partial charge in [0.05, 0.1) is 23.8 Å². The van der Waals surface area contributed by atoms with Crippen LogP contribution in [0.1, 0.15) is 48.9 Å². The van der Waals surface area contributed by atoms with Gasteiger partial charge in [0.2, 0.25) is 0 Å². The first-order valence-electron chi connectivity index (χ1n) is 8.55. The summed E-state index contributed by atoms with van der Waals surface area (Å²) in [7, 11) is 0. The number of fused-ring (bicyclic) bond motifs is 2. The van der Waals surface area contributed by atoms with Crippen LogP contribution in [0.5, 0.6) is 0 Å². The van der Waals surface area contributed by atoms with Crippen LogP contribution in [0.15, 0.2) is 24.3 Å². The van der Waals surface area contributed by atoms with Crippen LogP contribution in [0.25, 0.3) is 0 Å². The molecule has 2 aliphatic heterocycles. The van der Waals surface area contributed by atoms with Gasteiger partial charge in [-0.2, -0.15) is 0 Å². The Morgan fingerprint density at radius 1 is 1.05 bits per heavy atom. The molecule has 1 saturated heterocycles. The number of hydrogen-bond acceptors (Lipinski definition) is 2. The van der Waals surface area contributed by atoms with E-state index in [4.69, 9.17) is 0 Å². The highest BCUT2D eigenvalue weighted by Gasteiger charge is 2.42. The number of Topliss-reactive ketones (excluding diaryl/α,β-unsaturated/α-hetero) is 1. The summed E-state index contributed by atoms with van der Waals surface area (Å²) in [4.78, 5) is 27.7. The number of hydrogen-bond donors (Lipinski definition) is 1. The van der Waals surface area contributed by atoms with E-state index in [-0.39, 0.29) is 11.7 Å². The molecule has 1 N–H and O–H groups in total. The maximum absolute atomic E-state index is 12.4. The van der Waals surface area contributed by atoms with Crippen molar-refractivity contribution in [1.29, 1.82) is 0 Å². The van der Waals surface area contributed by atoms with Gasteiger partial charge in [0.25, 0.3) is 5.78 Å². The SMILES string of the molecule is O=C1C(=O)N(C[NH+]2CCC[C@H]3CCCC[C@@H]32)c2ccccc21. The molecule has 3 atom stereocenters. The molecule has 2 fully saturated rings. The lowest BCUT2D eigenvalue weighted by Gasteiger charge is -2.42. The lowest BCUT2D eigenvalue weighted by atomic mass is 9.78. The van der Waals surface area contributed by atoms with Crippen LogP contribution in [-0.2, 0) is 4.79 Å². The maximum atomic E-state index is 12.4. The fourth-order valence-electron chi connectivity index (χ4n) is 4.67. The predicted octanol–water partition coefficient (Wildman–Crippen LogP) is 1.41. The van der Waals surface area contributed by atoms with E-state index in [0.717, 1.165) is 18.2 Å². The molecule has 1 aromatic carbocycles. The van der Waals surface area contributed by atoms with Gasteiger partial charge in [-0.05, 0) is 44.2 Å². The molecule has 0 aromatic heterocycles. The number of likely N-dealkylation sites (tertiary alicyclic amines) is 1. The standard InChI is InChI=1S/C18H22N2O2/c21-17-14-8-2-4-10-16(14)20(18(17)22)12-19-11-5-7-13-6-1-3-9-15(13)19/h2,4,8,10,13,15H,1,3,5-7,9,11-12H2/p+1/t13-,15+/m1/s1. The van der Waals surface area contributed by atoms with Gasteiger partial charge in [0.1, 0.15) is 0 Å². The summed E-state index contributed by atoms with van der Waals surface area (Å²) >= 11 is 0. The second-order valence-corrected chi connectivity index (χ2v) is 6.94. The molecular weight excluding hydrogens is 276 g/mol. The zero-order valence-corrected chi connectivity index (χ0v) is 12.9. The molecular formula is C18H23N2O2+. The van der Waals surface area contributed by atoms with E-state index in [1.165, 1.54) is 43.4 Å². The summed E-state index contributed by atoms with van der Waals surface area (Å²) in [5.41, 5.74) is 1.38. The number of amides is 1. The predicted molar refractivity (Wildman–Crippen MR) is 83.9 cm³/mol. The Kier molecular flexibility index (Phi) is 3.49. The minimum absolute atomic E-state index is 0.341. The molecule has 0 radical (unpaired) electrons. The van der Waals surface area contributed by atoms with Crippen molar-refractivity contribution in [2.45, 2.75) is 44.6 Å². The van der Waals surface area contributed by atoms with E-state index in [1.54, 1.807) is 11.0 Å². The summed E-state index contributed by atoms with van der Waals surface area (Å²) in [5, 5.41) is 0. The number of para-hydroxylation sites is 1. The number of ketones is 1. The molecule has 4 heteroatoms. The van der Waals surface area contributed by atoms with Crippen LogP contribution < -0.4 is 9.80 Å². The Labute approximate surface area is 131 Å². The molecule has 1 unspecified atom stereocenters. The van der Waals surface area contributed by atoms with Crippen molar-refractivity contribution in [3.63, 3.8) is 0 Å². The van der Waals surface area contributed by atoms with Gasteiger partial charge < -0.3 is 4.90 Å². The third kappa shape index (κ3) is 2.17. The smallest absolute Gasteiger partial charge is 0.303 e. The molecule has 0 bridgehead atoms. The van der Waals surface area contributed by atoms with E-state index in [1.807, 2.05) is 18.2 Å². The normalized spacial score (nSPS) is 31.1. The van der Waals surface area contributed by atoms with Gasteiger partial charge in [-0.25, -0.2) is 0 Å². The van der Waals surface area contributed by atoms with Crippen LogP contribution in [0, 0.1) is 5.92 Å². The van der Waals surface area contributed by atoms with Crippen molar-refractivity contribution >= 4 is 17.4 Å². The Balaban J connectivity index is 1.58. The lowest BCUT2D eigenvalue weighted by molar-refractivity contribution is -0.935. The number of rotatable bonds is 2. The molecule has 1 amide bonds. The average molecular weight is 299 g/mol. The number of nitrogens with zero attached hydrogens (tertiary/aromatic N) is 1.